The summed E-state index contributed by atoms with van der Waals surface area (Å²) in [5, 5.41) is 13.6. The topological polar surface area (TPSA) is 111 Å². The largest absolute Gasteiger partial charge is 0.460 e. The molecule has 146 valence electrons. The van der Waals surface area contributed by atoms with Crippen molar-refractivity contribution in [2.75, 3.05) is 26.4 Å². The van der Waals surface area contributed by atoms with Crippen LogP contribution in [0.3, 0.4) is 0 Å². The summed E-state index contributed by atoms with van der Waals surface area (Å²) in [5.41, 5.74) is 1.27. The van der Waals surface area contributed by atoms with Crippen molar-refractivity contribution in [3.8, 4) is 0 Å². The third kappa shape index (κ3) is 4.62. The number of esters is 1. The maximum Gasteiger partial charge on any atom is 0.338 e. The van der Waals surface area contributed by atoms with Crippen molar-refractivity contribution in [1.82, 2.24) is 10.2 Å². The standard InChI is InChI=1S/C18H23N3O6/c1-4-20-12(3)15(17(22)27-11-10-26-5-2)16(19-18(20)23)13-6-8-14(9-7-13)21(24)25/h6-9,16H,4-5,10-11H2,1-3H3,(H,19,23)/t16-/m0/s1. The minimum absolute atomic E-state index is 0.0717. The SMILES string of the molecule is CCOCCOC(=O)C1=C(C)N(CC)C(=O)N[C@H]1c1ccc([N+](=O)[O-])cc1. The van der Waals surface area contributed by atoms with Crippen molar-refractivity contribution in [2.24, 2.45) is 0 Å². The average molecular weight is 377 g/mol. The van der Waals surface area contributed by atoms with Crippen LogP contribution in [-0.4, -0.2) is 48.2 Å². The number of ether oxygens (including phenoxy) is 2. The minimum Gasteiger partial charge on any atom is -0.460 e. The number of nitro groups is 1. The lowest BCUT2D eigenvalue weighted by molar-refractivity contribution is -0.384. The van der Waals surface area contributed by atoms with Crippen LogP contribution in [0.4, 0.5) is 10.5 Å². The molecule has 0 aliphatic carbocycles. The highest BCUT2D eigenvalue weighted by Crippen LogP contribution is 2.32. The van der Waals surface area contributed by atoms with Gasteiger partial charge < -0.3 is 14.8 Å². The van der Waals surface area contributed by atoms with Crippen LogP contribution in [-0.2, 0) is 14.3 Å². The number of hydrogen-bond donors (Lipinski definition) is 1. The number of carbonyl (C=O) groups is 2. The summed E-state index contributed by atoms with van der Waals surface area (Å²) in [7, 11) is 0. The van der Waals surface area contributed by atoms with Crippen molar-refractivity contribution >= 4 is 17.7 Å². The second-order valence-electron chi connectivity index (χ2n) is 5.81. The number of rotatable bonds is 8. The zero-order chi connectivity index (χ0) is 20.0. The summed E-state index contributed by atoms with van der Waals surface area (Å²) in [6, 6.07) is 4.61. The number of hydrogen-bond acceptors (Lipinski definition) is 6. The summed E-state index contributed by atoms with van der Waals surface area (Å²) >= 11 is 0. The van der Waals surface area contributed by atoms with Crippen LogP contribution in [0.1, 0.15) is 32.4 Å². The van der Waals surface area contributed by atoms with Crippen LogP contribution < -0.4 is 5.32 Å². The van der Waals surface area contributed by atoms with Gasteiger partial charge in [-0.05, 0) is 38.5 Å². The molecule has 0 aromatic heterocycles. The highest BCUT2D eigenvalue weighted by molar-refractivity contribution is 5.95. The van der Waals surface area contributed by atoms with Gasteiger partial charge in [0.15, 0.2) is 0 Å². The molecule has 0 unspecified atom stereocenters. The molecule has 0 spiro atoms. The fourth-order valence-electron chi connectivity index (χ4n) is 2.88. The molecule has 9 heteroatoms. The number of carbonyl (C=O) groups excluding carboxylic acids is 2. The van der Waals surface area contributed by atoms with Crippen molar-refractivity contribution in [1.29, 1.82) is 0 Å². The zero-order valence-electron chi connectivity index (χ0n) is 15.6. The van der Waals surface area contributed by atoms with Gasteiger partial charge in [0.1, 0.15) is 6.61 Å². The van der Waals surface area contributed by atoms with Gasteiger partial charge in [0, 0.05) is 31.0 Å². The normalized spacial score (nSPS) is 16.9. The van der Waals surface area contributed by atoms with E-state index in [1.54, 1.807) is 13.8 Å². The number of allylic oxidation sites excluding steroid dienone is 1. The molecule has 1 aliphatic heterocycles. The van der Waals surface area contributed by atoms with Crippen LogP contribution in [0.2, 0.25) is 0 Å². The van der Waals surface area contributed by atoms with E-state index in [1.807, 2.05) is 6.92 Å². The molecule has 1 heterocycles. The first-order valence-electron chi connectivity index (χ1n) is 8.68. The first-order chi connectivity index (χ1) is 12.9. The molecule has 0 radical (unpaired) electrons. The van der Waals surface area contributed by atoms with E-state index in [0.717, 1.165) is 0 Å². The lowest BCUT2D eigenvalue weighted by Gasteiger charge is -2.34. The van der Waals surface area contributed by atoms with E-state index in [9.17, 15) is 19.7 Å². The maximum absolute atomic E-state index is 12.7. The van der Waals surface area contributed by atoms with Crippen LogP contribution >= 0.6 is 0 Å². The summed E-state index contributed by atoms with van der Waals surface area (Å²) in [5.74, 6) is -0.561. The molecule has 1 aromatic carbocycles. The van der Waals surface area contributed by atoms with Crippen LogP contribution in [0, 0.1) is 10.1 Å². The molecular weight excluding hydrogens is 354 g/mol. The van der Waals surface area contributed by atoms with Gasteiger partial charge in [0.05, 0.1) is 23.1 Å². The molecule has 0 saturated heterocycles. The predicted molar refractivity (Wildman–Crippen MR) is 96.9 cm³/mol. The Morgan fingerprint density at radius 3 is 2.48 bits per heavy atom. The summed E-state index contributed by atoms with van der Waals surface area (Å²) in [6.45, 7) is 6.60. The number of amides is 2. The Kier molecular flexibility index (Phi) is 6.89. The average Bonchev–Trinajstić information content (AvgIpc) is 2.65. The van der Waals surface area contributed by atoms with Gasteiger partial charge in [-0.2, -0.15) is 0 Å². The Hall–Kier alpha value is -2.94. The van der Waals surface area contributed by atoms with Gasteiger partial charge in [-0.25, -0.2) is 9.59 Å². The number of nitrogens with zero attached hydrogens (tertiary/aromatic N) is 2. The highest BCUT2D eigenvalue weighted by atomic mass is 16.6. The second-order valence-corrected chi connectivity index (χ2v) is 5.81. The molecule has 27 heavy (non-hydrogen) atoms. The summed E-state index contributed by atoms with van der Waals surface area (Å²) in [4.78, 5) is 36.8. The van der Waals surface area contributed by atoms with Crippen molar-refractivity contribution < 1.29 is 24.0 Å². The molecule has 2 rings (SSSR count). The van der Waals surface area contributed by atoms with Gasteiger partial charge in [-0.1, -0.05) is 0 Å². The molecule has 9 nitrogen and oxygen atoms in total. The second kappa shape index (κ2) is 9.13. The minimum atomic E-state index is -0.749. The molecule has 1 N–H and O–H groups in total. The monoisotopic (exact) mass is 377 g/mol. The van der Waals surface area contributed by atoms with E-state index in [2.05, 4.69) is 5.32 Å². The maximum atomic E-state index is 12.7. The molecule has 0 fully saturated rings. The third-order valence-electron chi connectivity index (χ3n) is 4.23. The zero-order valence-corrected chi connectivity index (χ0v) is 15.6. The fourth-order valence-corrected chi connectivity index (χ4v) is 2.88. The van der Waals surface area contributed by atoms with Crippen molar-refractivity contribution in [3.63, 3.8) is 0 Å². The smallest absolute Gasteiger partial charge is 0.338 e. The van der Waals surface area contributed by atoms with E-state index >= 15 is 0 Å². The Morgan fingerprint density at radius 1 is 1.26 bits per heavy atom. The van der Waals surface area contributed by atoms with E-state index in [4.69, 9.17) is 9.47 Å². The highest BCUT2D eigenvalue weighted by Gasteiger charge is 2.36. The number of benzene rings is 1. The van der Waals surface area contributed by atoms with E-state index in [-0.39, 0.29) is 24.9 Å². The molecule has 2 amide bonds. The molecule has 0 saturated carbocycles. The van der Waals surface area contributed by atoms with Crippen LogP contribution in [0.15, 0.2) is 35.5 Å². The van der Waals surface area contributed by atoms with E-state index < -0.39 is 16.9 Å². The third-order valence-corrected chi connectivity index (χ3v) is 4.23. The number of urea groups is 1. The molecule has 1 atom stereocenters. The predicted octanol–water partition coefficient (Wildman–Crippen LogP) is 2.53. The fraction of sp³-hybridized carbons (Fsp3) is 0.444. The number of nitrogens with one attached hydrogen (secondary N) is 1. The quantitative estimate of drug-likeness (QED) is 0.322. The molecule has 1 aromatic rings. The lowest BCUT2D eigenvalue weighted by Crippen LogP contribution is -2.47. The van der Waals surface area contributed by atoms with E-state index in [1.165, 1.54) is 29.2 Å². The van der Waals surface area contributed by atoms with Gasteiger partial charge in [-0.15, -0.1) is 0 Å². The van der Waals surface area contributed by atoms with Crippen molar-refractivity contribution in [3.05, 3.63) is 51.2 Å². The summed E-state index contributed by atoms with van der Waals surface area (Å²) in [6.07, 6.45) is 0. The van der Waals surface area contributed by atoms with Crippen molar-refractivity contribution in [2.45, 2.75) is 26.8 Å². The van der Waals surface area contributed by atoms with Crippen LogP contribution in [0.25, 0.3) is 0 Å². The first-order valence-corrected chi connectivity index (χ1v) is 8.68. The number of non-ortho nitro benzene ring substituents is 1. The number of nitro benzene ring substituents is 1. The molecular formula is C18H23N3O6. The first kappa shape index (κ1) is 20.4. The lowest BCUT2D eigenvalue weighted by atomic mass is 9.94. The summed E-state index contributed by atoms with van der Waals surface area (Å²) < 4.78 is 10.5. The van der Waals surface area contributed by atoms with E-state index in [0.29, 0.717) is 30.0 Å². The molecule has 1 aliphatic rings. The van der Waals surface area contributed by atoms with Gasteiger partial charge in [-0.3, -0.25) is 15.0 Å². The van der Waals surface area contributed by atoms with Gasteiger partial charge in [0.2, 0.25) is 0 Å². The molecule has 0 bridgehead atoms. The Balaban J connectivity index is 2.34. The van der Waals surface area contributed by atoms with Crippen LogP contribution in [0.5, 0.6) is 0 Å². The Labute approximate surface area is 157 Å². The Bertz CT molecular complexity index is 744. The van der Waals surface area contributed by atoms with Gasteiger partial charge in [0.25, 0.3) is 5.69 Å². The van der Waals surface area contributed by atoms with Gasteiger partial charge >= 0.3 is 12.0 Å². The Morgan fingerprint density at radius 2 is 1.93 bits per heavy atom.